The molecule has 4 fully saturated rings. The molecule has 0 heterocycles. The van der Waals surface area contributed by atoms with Crippen LogP contribution in [0, 0.1) is 33.5 Å². The standard InChI is InChI=1S/C37H49NO10/c1-19-26(42)18-25-30(45-21(3)39)37-20(2)27(48-33(44)29(43)28(38(9)10)24-14-12-11-13-15-24)16-17-35(37,8)31(46-22(4)40)32(47-23(5)41)36(19,37)34(25,6)7/h11-15,19,25,27-32,43H,2,16-18H2,1,3-10H3/t19?,25-,27-,28-,29+,30?,31-,32-,35-,36?,37?/m0/s1. The molecule has 2 bridgehead atoms. The molecule has 0 radical (unpaired) electrons. The van der Waals surface area contributed by atoms with Gasteiger partial charge in [-0.15, -0.1) is 0 Å². The van der Waals surface area contributed by atoms with E-state index in [0.717, 1.165) is 5.56 Å². The number of hydrogen-bond donors (Lipinski definition) is 1. The summed E-state index contributed by atoms with van der Waals surface area (Å²) in [4.78, 5) is 68.2. The largest absolute Gasteiger partial charge is 0.461 e. The third kappa shape index (κ3) is 4.63. The van der Waals surface area contributed by atoms with Crippen LogP contribution in [0.2, 0.25) is 0 Å². The SMILES string of the molecule is C=C1[C@@H](OC(=O)[C@H](O)[C@H](c2ccccc2)N(C)C)CC[C@@]2(C)[C@@H](OC(C)=O)[C@H](OC(C)=O)C34C(C)C(=O)C[C@@H](C(OC(C)=O)C132)C4(C)C. The Labute approximate surface area is 282 Å². The lowest BCUT2D eigenvalue weighted by atomic mass is 9.42. The van der Waals surface area contributed by atoms with Crippen LogP contribution in [0.25, 0.3) is 0 Å². The monoisotopic (exact) mass is 667 g/mol. The summed E-state index contributed by atoms with van der Waals surface area (Å²) < 4.78 is 24.7. The Morgan fingerprint density at radius 1 is 0.896 bits per heavy atom. The van der Waals surface area contributed by atoms with E-state index in [1.807, 2.05) is 51.1 Å². The fraction of sp³-hybridized carbons (Fsp3) is 0.649. The predicted octanol–water partition coefficient (Wildman–Crippen LogP) is 3.96. The van der Waals surface area contributed by atoms with E-state index in [9.17, 15) is 29.1 Å². The molecule has 0 amide bonds. The van der Waals surface area contributed by atoms with Gasteiger partial charge in [0.1, 0.15) is 30.2 Å². The van der Waals surface area contributed by atoms with Crippen LogP contribution in [-0.2, 0) is 42.9 Å². The summed E-state index contributed by atoms with van der Waals surface area (Å²) in [5, 5.41) is 11.4. The molecule has 1 aromatic carbocycles. The van der Waals surface area contributed by atoms with Gasteiger partial charge < -0.3 is 24.1 Å². The van der Waals surface area contributed by atoms with Gasteiger partial charge in [0.25, 0.3) is 0 Å². The first-order valence-electron chi connectivity index (χ1n) is 16.7. The van der Waals surface area contributed by atoms with Crippen molar-refractivity contribution in [3.05, 3.63) is 48.0 Å². The zero-order valence-electron chi connectivity index (χ0n) is 29.4. The van der Waals surface area contributed by atoms with E-state index in [1.165, 1.54) is 20.8 Å². The minimum atomic E-state index is -1.56. The van der Waals surface area contributed by atoms with Gasteiger partial charge in [-0.25, -0.2) is 4.79 Å². The summed E-state index contributed by atoms with van der Waals surface area (Å²) in [6.07, 6.45) is -5.04. The van der Waals surface area contributed by atoms with Gasteiger partial charge in [0.2, 0.25) is 0 Å². The second kappa shape index (κ2) is 12.1. The lowest BCUT2D eigenvalue weighted by Gasteiger charge is -2.60. The fourth-order valence-corrected chi connectivity index (χ4v) is 11.0. The number of ketones is 1. The minimum Gasteiger partial charge on any atom is -0.461 e. The number of rotatable bonds is 8. The van der Waals surface area contributed by atoms with Crippen molar-refractivity contribution in [1.29, 1.82) is 0 Å². The number of carbonyl (C=O) groups is 5. The van der Waals surface area contributed by atoms with E-state index in [1.54, 1.807) is 25.9 Å². The lowest BCUT2D eigenvalue weighted by Crippen LogP contribution is -2.63. The summed E-state index contributed by atoms with van der Waals surface area (Å²) in [6, 6.07) is 8.42. The van der Waals surface area contributed by atoms with Crippen LogP contribution in [-0.4, -0.2) is 84.3 Å². The average Bonchev–Trinajstić information content (AvgIpc) is 3.23. The number of carbonyl (C=O) groups excluding carboxylic acids is 5. The third-order valence-electron chi connectivity index (χ3n) is 12.5. The Morgan fingerprint density at radius 3 is 1.98 bits per heavy atom. The van der Waals surface area contributed by atoms with Crippen molar-refractivity contribution in [2.45, 2.75) is 104 Å². The Bertz CT molecular complexity index is 1520. The van der Waals surface area contributed by atoms with Crippen LogP contribution < -0.4 is 0 Å². The van der Waals surface area contributed by atoms with Gasteiger partial charge in [0, 0.05) is 49.9 Å². The number of esters is 4. The maximum absolute atomic E-state index is 14.0. The molecule has 262 valence electrons. The summed E-state index contributed by atoms with van der Waals surface area (Å²) in [7, 11) is 3.52. The lowest BCUT2D eigenvalue weighted by molar-refractivity contribution is -0.194. The van der Waals surface area contributed by atoms with Gasteiger partial charge in [-0.05, 0) is 43.5 Å². The van der Waals surface area contributed by atoms with Crippen molar-refractivity contribution in [2.24, 2.45) is 33.5 Å². The van der Waals surface area contributed by atoms with Gasteiger partial charge >= 0.3 is 23.9 Å². The van der Waals surface area contributed by atoms with Crippen molar-refractivity contribution in [3.8, 4) is 0 Å². The number of ether oxygens (including phenoxy) is 4. The smallest absolute Gasteiger partial charge is 0.337 e. The van der Waals surface area contributed by atoms with Crippen molar-refractivity contribution >= 4 is 29.7 Å². The molecular formula is C37H49NO10. The number of fused-ring (bicyclic) bond motifs is 1. The molecule has 4 saturated carbocycles. The van der Waals surface area contributed by atoms with E-state index in [-0.39, 0.29) is 25.0 Å². The van der Waals surface area contributed by atoms with Crippen LogP contribution in [0.1, 0.15) is 79.3 Å². The van der Waals surface area contributed by atoms with E-state index in [4.69, 9.17) is 18.9 Å². The molecule has 11 nitrogen and oxygen atoms in total. The molecule has 11 atom stereocenters. The average molecular weight is 668 g/mol. The number of aliphatic hydroxyl groups excluding tert-OH is 1. The first-order chi connectivity index (χ1) is 22.3. The van der Waals surface area contributed by atoms with E-state index in [2.05, 4.69) is 6.58 Å². The summed E-state index contributed by atoms with van der Waals surface area (Å²) >= 11 is 0. The van der Waals surface area contributed by atoms with Gasteiger partial charge in [-0.3, -0.25) is 24.1 Å². The summed E-state index contributed by atoms with van der Waals surface area (Å²) in [5.74, 6) is -4.04. The molecule has 4 aliphatic carbocycles. The van der Waals surface area contributed by atoms with Crippen molar-refractivity contribution < 1.29 is 48.0 Å². The maximum atomic E-state index is 14.0. The molecule has 2 spiro atoms. The number of benzene rings is 1. The second-order valence-electron chi connectivity index (χ2n) is 15.2. The zero-order valence-corrected chi connectivity index (χ0v) is 29.4. The van der Waals surface area contributed by atoms with Crippen LogP contribution >= 0.6 is 0 Å². The number of Topliss-reactive ketones (excluding diaryl/α,β-unsaturated/α-hetero) is 1. The molecule has 0 saturated heterocycles. The molecule has 4 aliphatic rings. The highest BCUT2D eigenvalue weighted by Crippen LogP contribution is 2.86. The molecule has 1 aromatic rings. The Morgan fingerprint density at radius 2 is 1.44 bits per heavy atom. The topological polar surface area (TPSA) is 146 Å². The van der Waals surface area contributed by atoms with Crippen LogP contribution in [0.15, 0.2) is 42.5 Å². The third-order valence-corrected chi connectivity index (χ3v) is 12.5. The predicted molar refractivity (Wildman–Crippen MR) is 173 cm³/mol. The first-order valence-corrected chi connectivity index (χ1v) is 16.7. The minimum absolute atomic E-state index is 0.102. The fourth-order valence-electron chi connectivity index (χ4n) is 11.0. The first kappa shape index (κ1) is 35.7. The number of likely N-dealkylation sites (N-methyl/N-ethyl adjacent to an activating group) is 1. The highest BCUT2D eigenvalue weighted by molar-refractivity contribution is 5.86. The van der Waals surface area contributed by atoms with Crippen LogP contribution in [0.5, 0.6) is 0 Å². The zero-order chi connectivity index (χ0) is 35.7. The van der Waals surface area contributed by atoms with E-state index >= 15 is 0 Å². The molecular weight excluding hydrogens is 618 g/mol. The summed E-state index contributed by atoms with van der Waals surface area (Å²) in [6.45, 7) is 16.1. The Balaban J connectivity index is 1.71. The Kier molecular flexibility index (Phi) is 9.00. The Hall–Kier alpha value is -3.57. The quantitative estimate of drug-likeness (QED) is 0.244. The normalized spacial score (nSPS) is 37.6. The van der Waals surface area contributed by atoms with Gasteiger partial charge in [0.05, 0.1) is 11.5 Å². The van der Waals surface area contributed by atoms with E-state index < -0.39 is 93.9 Å². The van der Waals surface area contributed by atoms with Crippen molar-refractivity contribution in [1.82, 2.24) is 4.90 Å². The number of nitrogens with zero attached hydrogens (tertiary/aromatic N) is 1. The van der Waals surface area contributed by atoms with Gasteiger partial charge in [-0.2, -0.15) is 0 Å². The summed E-state index contributed by atoms with van der Waals surface area (Å²) in [5.41, 5.74) is -3.48. The molecule has 1 N–H and O–H groups in total. The molecule has 5 rings (SSSR count). The molecule has 11 heteroatoms. The molecule has 0 aromatic heterocycles. The van der Waals surface area contributed by atoms with Crippen LogP contribution in [0.3, 0.4) is 0 Å². The highest BCUT2D eigenvalue weighted by Gasteiger charge is 2.92. The maximum Gasteiger partial charge on any atom is 0.337 e. The van der Waals surface area contributed by atoms with Crippen LogP contribution in [0.4, 0.5) is 0 Å². The second-order valence-corrected chi connectivity index (χ2v) is 15.2. The van der Waals surface area contributed by atoms with Gasteiger partial charge in [-0.1, -0.05) is 64.6 Å². The van der Waals surface area contributed by atoms with E-state index in [0.29, 0.717) is 5.57 Å². The number of aliphatic hydroxyl groups is 1. The van der Waals surface area contributed by atoms with Crippen molar-refractivity contribution in [3.63, 3.8) is 0 Å². The van der Waals surface area contributed by atoms with Gasteiger partial charge in [0.15, 0.2) is 6.10 Å². The van der Waals surface area contributed by atoms with Crippen molar-refractivity contribution in [2.75, 3.05) is 14.1 Å². The molecule has 0 aliphatic heterocycles. The molecule has 48 heavy (non-hydrogen) atoms. The number of hydrogen-bond acceptors (Lipinski definition) is 11. The highest BCUT2D eigenvalue weighted by atomic mass is 16.6. The molecule has 4 unspecified atom stereocenters.